The average Bonchev–Trinajstić information content (AvgIpc) is 3.26. The van der Waals surface area contributed by atoms with Crippen LogP contribution in [0.4, 0.5) is 5.69 Å². The molecule has 2 heterocycles. The maximum atomic E-state index is 13.2. The average molecular weight is 385 g/mol. The summed E-state index contributed by atoms with van der Waals surface area (Å²) in [5.74, 6) is 0.408. The van der Waals surface area contributed by atoms with E-state index >= 15 is 0 Å². The first-order chi connectivity index (χ1) is 13.0. The van der Waals surface area contributed by atoms with Crippen LogP contribution < -0.4 is 10.1 Å². The molecule has 0 fully saturated rings. The van der Waals surface area contributed by atoms with E-state index in [1.165, 1.54) is 0 Å². The van der Waals surface area contributed by atoms with Gasteiger partial charge in [0.25, 0.3) is 5.91 Å². The van der Waals surface area contributed by atoms with Crippen LogP contribution in [0.5, 0.6) is 5.75 Å². The van der Waals surface area contributed by atoms with Gasteiger partial charge >= 0.3 is 0 Å². The van der Waals surface area contributed by atoms with Crippen molar-refractivity contribution < 1.29 is 9.53 Å². The summed E-state index contributed by atoms with van der Waals surface area (Å²) in [6, 6.07) is 5.37. The van der Waals surface area contributed by atoms with Crippen LogP contribution in [0.3, 0.4) is 0 Å². The molecule has 0 spiro atoms. The molecule has 7 heteroatoms. The quantitative estimate of drug-likeness (QED) is 0.723. The van der Waals surface area contributed by atoms with Crippen molar-refractivity contribution in [2.24, 2.45) is 0 Å². The zero-order chi connectivity index (χ0) is 19.1. The summed E-state index contributed by atoms with van der Waals surface area (Å²) in [5.41, 5.74) is 4.10. The van der Waals surface area contributed by atoms with E-state index in [2.05, 4.69) is 24.3 Å². The number of nitrogens with one attached hydrogen (secondary N) is 1. The predicted octanol–water partition coefficient (Wildman–Crippen LogP) is 4.42. The van der Waals surface area contributed by atoms with Crippen LogP contribution in [0.1, 0.15) is 47.9 Å². The summed E-state index contributed by atoms with van der Waals surface area (Å²) in [6.07, 6.45) is 4.51. The van der Waals surface area contributed by atoms with E-state index in [0.29, 0.717) is 22.0 Å². The Morgan fingerprint density at radius 3 is 2.85 bits per heavy atom. The van der Waals surface area contributed by atoms with E-state index in [4.69, 9.17) is 21.3 Å². The number of benzene rings is 1. The molecule has 1 aromatic carbocycles. The molecule has 0 radical (unpaired) electrons. The van der Waals surface area contributed by atoms with Crippen molar-refractivity contribution in [3.8, 4) is 5.75 Å². The second-order valence-corrected chi connectivity index (χ2v) is 7.40. The van der Waals surface area contributed by atoms with Gasteiger partial charge in [-0.3, -0.25) is 4.79 Å². The van der Waals surface area contributed by atoms with E-state index in [1.807, 2.05) is 4.68 Å². The van der Waals surface area contributed by atoms with Crippen molar-refractivity contribution in [3.63, 3.8) is 0 Å². The lowest BCUT2D eigenvalue weighted by Crippen LogP contribution is -2.16. The molecule has 4 rings (SSSR count). The fourth-order valence-electron chi connectivity index (χ4n) is 3.63. The Morgan fingerprint density at radius 1 is 1.33 bits per heavy atom. The maximum absolute atomic E-state index is 13.2. The summed E-state index contributed by atoms with van der Waals surface area (Å²) in [4.78, 5) is 18.0. The van der Waals surface area contributed by atoms with Gasteiger partial charge in [0.1, 0.15) is 5.75 Å². The smallest absolute Gasteiger partial charge is 0.256 e. The lowest BCUT2D eigenvalue weighted by Gasteiger charge is -2.13. The molecule has 6 nitrogen and oxygen atoms in total. The van der Waals surface area contributed by atoms with E-state index in [-0.39, 0.29) is 11.9 Å². The molecular formula is C20H21ClN4O2. The molecule has 0 saturated heterocycles. The Morgan fingerprint density at radius 2 is 2.15 bits per heavy atom. The summed E-state index contributed by atoms with van der Waals surface area (Å²) in [7, 11) is 1.56. The molecule has 1 aliphatic carbocycles. The lowest BCUT2D eigenvalue weighted by molar-refractivity contribution is 0.102. The Balaban J connectivity index is 1.78. The van der Waals surface area contributed by atoms with E-state index in [1.54, 1.807) is 31.5 Å². The Bertz CT molecular complexity index is 1040. The number of carbonyl (C=O) groups excluding carboxylic acids is 1. The largest absolute Gasteiger partial charge is 0.495 e. The second-order valence-electron chi connectivity index (χ2n) is 6.99. The molecule has 27 heavy (non-hydrogen) atoms. The number of anilines is 1. The van der Waals surface area contributed by atoms with Crippen molar-refractivity contribution >= 4 is 34.2 Å². The van der Waals surface area contributed by atoms with Crippen LogP contribution in [0.2, 0.25) is 5.02 Å². The topological polar surface area (TPSA) is 69.0 Å². The highest BCUT2D eigenvalue weighted by Gasteiger charge is 2.26. The zero-order valence-corrected chi connectivity index (χ0v) is 16.3. The number of aromatic nitrogens is 3. The van der Waals surface area contributed by atoms with E-state index in [9.17, 15) is 4.79 Å². The molecule has 3 aromatic rings. The second kappa shape index (κ2) is 6.85. The number of aryl methyl sites for hydroxylation is 1. The minimum Gasteiger partial charge on any atom is -0.495 e. The van der Waals surface area contributed by atoms with Gasteiger partial charge in [-0.25, -0.2) is 9.67 Å². The van der Waals surface area contributed by atoms with Crippen LogP contribution in [0, 0.1) is 0 Å². The number of hydrogen-bond donors (Lipinski definition) is 1. The number of rotatable bonds is 4. The summed E-state index contributed by atoms with van der Waals surface area (Å²) >= 11 is 6.19. The van der Waals surface area contributed by atoms with Crippen LogP contribution >= 0.6 is 11.6 Å². The molecular weight excluding hydrogens is 364 g/mol. The Kier molecular flexibility index (Phi) is 4.52. The SMILES string of the molecule is COc1ccc(NC(=O)c2c3c(nc4c2cnn4C(C)C)CCC3)cc1Cl. The number of nitrogens with zero attached hydrogens (tertiary/aromatic N) is 3. The predicted molar refractivity (Wildman–Crippen MR) is 106 cm³/mol. The zero-order valence-electron chi connectivity index (χ0n) is 15.5. The first-order valence-electron chi connectivity index (χ1n) is 9.03. The number of ether oxygens (including phenoxy) is 1. The third-order valence-electron chi connectivity index (χ3n) is 4.90. The molecule has 1 amide bonds. The number of hydrogen-bond acceptors (Lipinski definition) is 4. The first kappa shape index (κ1) is 17.8. The van der Waals surface area contributed by atoms with Gasteiger partial charge in [0.15, 0.2) is 5.65 Å². The highest BCUT2D eigenvalue weighted by molar-refractivity contribution is 6.32. The van der Waals surface area contributed by atoms with Gasteiger partial charge < -0.3 is 10.1 Å². The maximum Gasteiger partial charge on any atom is 0.256 e. The minimum absolute atomic E-state index is 0.162. The number of amides is 1. The monoisotopic (exact) mass is 384 g/mol. The van der Waals surface area contributed by atoms with Gasteiger partial charge in [-0.1, -0.05) is 11.6 Å². The van der Waals surface area contributed by atoms with Crippen molar-refractivity contribution in [2.75, 3.05) is 12.4 Å². The molecule has 0 atom stereocenters. The third-order valence-corrected chi connectivity index (χ3v) is 5.19. The molecule has 0 aliphatic heterocycles. The lowest BCUT2D eigenvalue weighted by atomic mass is 10.0. The van der Waals surface area contributed by atoms with E-state index < -0.39 is 0 Å². The highest BCUT2D eigenvalue weighted by Crippen LogP contribution is 2.32. The van der Waals surface area contributed by atoms with E-state index in [0.717, 1.165) is 41.6 Å². The van der Waals surface area contributed by atoms with Gasteiger partial charge in [-0.05, 0) is 56.9 Å². The van der Waals surface area contributed by atoms with Crippen LogP contribution in [-0.4, -0.2) is 27.8 Å². The molecule has 0 saturated carbocycles. The van der Waals surface area contributed by atoms with Crippen LogP contribution in [-0.2, 0) is 12.8 Å². The van der Waals surface area contributed by atoms with Crippen LogP contribution in [0.15, 0.2) is 24.4 Å². The molecule has 0 bridgehead atoms. The Labute approximate surface area is 162 Å². The van der Waals surface area contributed by atoms with Crippen molar-refractivity contribution in [2.45, 2.75) is 39.2 Å². The standard InChI is InChI=1S/C20H21ClN4O2/c1-11(2)25-19-14(10-22-25)18(13-5-4-6-16(13)24-19)20(26)23-12-7-8-17(27-3)15(21)9-12/h7-11H,4-6H2,1-3H3,(H,23,26). The molecule has 2 aromatic heterocycles. The summed E-state index contributed by atoms with van der Waals surface area (Å²) < 4.78 is 7.04. The normalized spacial score (nSPS) is 13.2. The first-order valence-corrected chi connectivity index (χ1v) is 9.41. The van der Waals surface area contributed by atoms with Crippen molar-refractivity contribution in [3.05, 3.63) is 46.2 Å². The van der Waals surface area contributed by atoms with Crippen LogP contribution in [0.25, 0.3) is 11.0 Å². The number of methoxy groups -OCH3 is 1. The van der Waals surface area contributed by atoms with Gasteiger partial charge in [-0.2, -0.15) is 5.10 Å². The van der Waals surface area contributed by atoms with Crippen molar-refractivity contribution in [1.82, 2.24) is 14.8 Å². The summed E-state index contributed by atoms with van der Waals surface area (Å²) in [6.45, 7) is 4.11. The number of fused-ring (bicyclic) bond motifs is 2. The van der Waals surface area contributed by atoms with Gasteiger partial charge in [0.05, 0.1) is 29.3 Å². The minimum atomic E-state index is -0.162. The number of carbonyl (C=O) groups is 1. The van der Waals surface area contributed by atoms with Gasteiger partial charge in [0, 0.05) is 17.4 Å². The summed E-state index contributed by atoms with van der Waals surface area (Å²) in [5, 5.41) is 8.67. The third kappa shape index (κ3) is 3.04. The van der Waals surface area contributed by atoms with Gasteiger partial charge in [0.2, 0.25) is 0 Å². The molecule has 140 valence electrons. The number of pyridine rings is 1. The number of halogens is 1. The highest BCUT2D eigenvalue weighted by atomic mass is 35.5. The molecule has 0 unspecified atom stereocenters. The fourth-order valence-corrected chi connectivity index (χ4v) is 3.89. The fraction of sp³-hybridized carbons (Fsp3) is 0.350. The Hall–Kier alpha value is -2.60. The molecule has 1 N–H and O–H groups in total. The van der Waals surface area contributed by atoms with Gasteiger partial charge in [-0.15, -0.1) is 0 Å². The molecule has 1 aliphatic rings. The van der Waals surface area contributed by atoms with Crippen molar-refractivity contribution in [1.29, 1.82) is 0 Å².